The number of rotatable bonds is 4. The molecule has 3 heteroatoms. The van der Waals surface area contributed by atoms with Gasteiger partial charge in [0.1, 0.15) is 0 Å². The fourth-order valence-electron chi connectivity index (χ4n) is 3.78. The van der Waals surface area contributed by atoms with Gasteiger partial charge in [-0.05, 0) is 49.5 Å². The molecule has 0 spiro atoms. The second kappa shape index (κ2) is 6.46. The molecule has 2 atom stereocenters. The van der Waals surface area contributed by atoms with Gasteiger partial charge in [0, 0.05) is 12.6 Å². The lowest BCUT2D eigenvalue weighted by molar-refractivity contribution is -0.126. The molecule has 0 bridgehead atoms. The molecule has 2 unspecified atom stereocenters. The van der Waals surface area contributed by atoms with E-state index in [2.05, 4.69) is 38.3 Å². The Morgan fingerprint density at radius 1 is 1.20 bits per heavy atom. The molecule has 1 saturated carbocycles. The van der Waals surface area contributed by atoms with Crippen molar-refractivity contribution >= 4 is 5.91 Å². The Bertz CT molecular complexity index is 332. The van der Waals surface area contributed by atoms with Crippen LogP contribution in [-0.2, 0) is 4.79 Å². The van der Waals surface area contributed by atoms with Crippen LogP contribution in [0.2, 0.25) is 0 Å². The van der Waals surface area contributed by atoms with E-state index >= 15 is 0 Å². The predicted molar refractivity (Wildman–Crippen MR) is 83.5 cm³/mol. The first-order chi connectivity index (χ1) is 9.44. The summed E-state index contributed by atoms with van der Waals surface area (Å²) in [5, 5.41) is 6.62. The van der Waals surface area contributed by atoms with Crippen LogP contribution in [0.4, 0.5) is 0 Å². The van der Waals surface area contributed by atoms with Crippen LogP contribution >= 0.6 is 0 Å². The molecule has 0 aromatic heterocycles. The van der Waals surface area contributed by atoms with Gasteiger partial charge in [-0.15, -0.1) is 0 Å². The number of nitrogens with one attached hydrogen (secondary N) is 2. The summed E-state index contributed by atoms with van der Waals surface area (Å²) in [6, 6.07) is 0.416. The van der Waals surface area contributed by atoms with Crippen LogP contribution in [0.1, 0.15) is 59.8 Å². The maximum absolute atomic E-state index is 12.3. The molecule has 1 saturated heterocycles. The van der Waals surface area contributed by atoms with Crippen LogP contribution in [0.15, 0.2) is 0 Å². The number of carbonyl (C=O) groups excluding carboxylic acids is 1. The van der Waals surface area contributed by atoms with Gasteiger partial charge in [0.05, 0.1) is 5.92 Å². The third kappa shape index (κ3) is 3.55. The van der Waals surface area contributed by atoms with Gasteiger partial charge in [0.2, 0.25) is 5.91 Å². The highest BCUT2D eigenvalue weighted by atomic mass is 16.2. The summed E-state index contributed by atoms with van der Waals surface area (Å²) in [6.07, 6.45) is 6.11. The van der Waals surface area contributed by atoms with E-state index in [0.717, 1.165) is 31.8 Å². The monoisotopic (exact) mass is 280 g/mol. The summed E-state index contributed by atoms with van der Waals surface area (Å²) in [5.74, 6) is 1.76. The van der Waals surface area contributed by atoms with Crippen LogP contribution in [0.3, 0.4) is 0 Å². The average molecular weight is 280 g/mol. The number of hydrogen-bond acceptors (Lipinski definition) is 2. The Hall–Kier alpha value is -0.570. The van der Waals surface area contributed by atoms with E-state index in [4.69, 9.17) is 0 Å². The van der Waals surface area contributed by atoms with Crippen LogP contribution in [0.25, 0.3) is 0 Å². The van der Waals surface area contributed by atoms with Gasteiger partial charge in [-0.1, -0.05) is 34.1 Å². The molecule has 0 radical (unpaired) electrons. The van der Waals surface area contributed by atoms with Gasteiger partial charge in [-0.2, -0.15) is 0 Å². The third-order valence-electron chi connectivity index (χ3n) is 5.94. The van der Waals surface area contributed by atoms with Crippen molar-refractivity contribution in [3.05, 3.63) is 0 Å². The first-order valence-electron chi connectivity index (χ1n) is 8.45. The van der Waals surface area contributed by atoms with Crippen molar-refractivity contribution in [2.24, 2.45) is 23.2 Å². The van der Waals surface area contributed by atoms with Gasteiger partial charge < -0.3 is 10.6 Å². The van der Waals surface area contributed by atoms with Gasteiger partial charge in [0.15, 0.2) is 0 Å². The molecule has 20 heavy (non-hydrogen) atoms. The third-order valence-corrected chi connectivity index (χ3v) is 5.94. The lowest BCUT2D eigenvalue weighted by atomic mass is 9.69. The number of hydrogen-bond donors (Lipinski definition) is 2. The normalized spacial score (nSPS) is 35.0. The second-order valence-corrected chi connectivity index (χ2v) is 7.64. The van der Waals surface area contributed by atoms with Crippen molar-refractivity contribution in [1.29, 1.82) is 0 Å². The van der Waals surface area contributed by atoms with Crippen molar-refractivity contribution < 1.29 is 4.79 Å². The quantitative estimate of drug-likeness (QED) is 0.831. The van der Waals surface area contributed by atoms with Gasteiger partial charge >= 0.3 is 0 Å². The van der Waals surface area contributed by atoms with E-state index in [1.165, 1.54) is 19.3 Å². The predicted octanol–water partition coefficient (Wildman–Crippen LogP) is 2.95. The topological polar surface area (TPSA) is 41.1 Å². The zero-order chi connectivity index (χ0) is 14.8. The molecule has 2 aliphatic rings. The van der Waals surface area contributed by atoms with Crippen molar-refractivity contribution in [3.63, 3.8) is 0 Å². The van der Waals surface area contributed by atoms with Gasteiger partial charge in [-0.3, -0.25) is 4.79 Å². The molecule has 1 amide bonds. The molecular weight excluding hydrogens is 248 g/mol. The first kappa shape index (κ1) is 15.8. The van der Waals surface area contributed by atoms with Crippen molar-refractivity contribution in [3.8, 4) is 0 Å². The highest BCUT2D eigenvalue weighted by Gasteiger charge is 2.34. The molecule has 2 rings (SSSR count). The van der Waals surface area contributed by atoms with E-state index in [9.17, 15) is 4.79 Å². The molecule has 1 aliphatic carbocycles. The molecule has 1 aliphatic heterocycles. The zero-order valence-electron chi connectivity index (χ0n) is 13.7. The van der Waals surface area contributed by atoms with Crippen LogP contribution in [-0.4, -0.2) is 25.0 Å². The molecule has 2 fully saturated rings. The van der Waals surface area contributed by atoms with E-state index in [0.29, 0.717) is 17.4 Å². The molecule has 0 aromatic carbocycles. The van der Waals surface area contributed by atoms with Crippen molar-refractivity contribution in [2.45, 2.75) is 65.8 Å². The van der Waals surface area contributed by atoms with Crippen molar-refractivity contribution in [1.82, 2.24) is 10.6 Å². The number of amides is 1. The largest absolute Gasteiger partial charge is 0.353 e. The molecule has 0 aromatic rings. The Kier molecular flexibility index (Phi) is 5.11. The van der Waals surface area contributed by atoms with Gasteiger partial charge in [0.25, 0.3) is 0 Å². The van der Waals surface area contributed by atoms with Gasteiger partial charge in [-0.25, -0.2) is 0 Å². The first-order valence-corrected chi connectivity index (χ1v) is 8.45. The molecule has 3 nitrogen and oxygen atoms in total. The summed E-state index contributed by atoms with van der Waals surface area (Å²) < 4.78 is 0. The van der Waals surface area contributed by atoms with E-state index in [1.54, 1.807) is 0 Å². The molecule has 2 N–H and O–H groups in total. The smallest absolute Gasteiger partial charge is 0.224 e. The SMILES string of the molecule is CCC(C)(C)C1CCC(NC(=O)C2CNCC2C)CC1. The Labute approximate surface area is 124 Å². The van der Waals surface area contributed by atoms with Crippen molar-refractivity contribution in [2.75, 3.05) is 13.1 Å². The maximum atomic E-state index is 12.3. The van der Waals surface area contributed by atoms with E-state index in [1.807, 2.05) is 0 Å². The average Bonchev–Trinajstić information content (AvgIpc) is 2.85. The Balaban J connectivity index is 1.78. The Morgan fingerprint density at radius 2 is 1.85 bits per heavy atom. The fourth-order valence-corrected chi connectivity index (χ4v) is 3.78. The highest BCUT2D eigenvalue weighted by molar-refractivity contribution is 5.79. The second-order valence-electron chi connectivity index (χ2n) is 7.64. The summed E-state index contributed by atoms with van der Waals surface area (Å²) in [4.78, 5) is 12.3. The minimum Gasteiger partial charge on any atom is -0.353 e. The summed E-state index contributed by atoms with van der Waals surface area (Å²) in [6.45, 7) is 11.1. The lowest BCUT2D eigenvalue weighted by Crippen LogP contribution is -2.43. The van der Waals surface area contributed by atoms with Crippen LogP contribution in [0.5, 0.6) is 0 Å². The fraction of sp³-hybridized carbons (Fsp3) is 0.941. The molecular formula is C17H32N2O. The highest BCUT2D eigenvalue weighted by Crippen LogP contribution is 2.40. The summed E-state index contributed by atoms with van der Waals surface area (Å²) in [7, 11) is 0. The van der Waals surface area contributed by atoms with E-state index < -0.39 is 0 Å². The molecule has 116 valence electrons. The lowest BCUT2D eigenvalue weighted by Gasteiger charge is -2.39. The minimum absolute atomic E-state index is 0.180. The number of carbonyl (C=O) groups is 1. The van der Waals surface area contributed by atoms with Crippen LogP contribution < -0.4 is 10.6 Å². The summed E-state index contributed by atoms with van der Waals surface area (Å²) >= 11 is 0. The zero-order valence-corrected chi connectivity index (χ0v) is 13.7. The molecule has 1 heterocycles. The standard InChI is InChI=1S/C17H32N2O/c1-5-17(3,4)13-6-8-14(9-7-13)19-16(20)15-11-18-10-12(15)2/h12-15,18H,5-11H2,1-4H3,(H,19,20). The Morgan fingerprint density at radius 3 is 2.35 bits per heavy atom. The minimum atomic E-state index is 0.180. The summed E-state index contributed by atoms with van der Waals surface area (Å²) in [5.41, 5.74) is 0.457. The maximum Gasteiger partial charge on any atom is 0.224 e. The van der Waals surface area contributed by atoms with E-state index in [-0.39, 0.29) is 11.8 Å². The van der Waals surface area contributed by atoms with Crippen LogP contribution in [0, 0.1) is 23.2 Å².